The molecule has 0 radical (unpaired) electrons. The van der Waals surface area contributed by atoms with E-state index in [-0.39, 0.29) is 11.5 Å². The van der Waals surface area contributed by atoms with Crippen LogP contribution in [0.1, 0.15) is 59.9 Å². The number of carbonyl (C=O) groups excluding carboxylic acids is 5. The normalized spacial score (nSPS) is 18.1. The number of aryl methyl sites for hydroxylation is 1. The molecular formula is C18H22N4O6. The van der Waals surface area contributed by atoms with Gasteiger partial charge in [0.1, 0.15) is 11.2 Å². The van der Waals surface area contributed by atoms with Crippen LogP contribution in [0.2, 0.25) is 0 Å². The highest BCUT2D eigenvalue weighted by Gasteiger charge is 2.52. The number of urea groups is 1. The lowest BCUT2D eigenvalue weighted by molar-refractivity contribution is -0.140. The number of ketones is 1. The number of rotatable bonds is 5. The van der Waals surface area contributed by atoms with E-state index in [1.54, 1.807) is 7.05 Å². The minimum atomic E-state index is -0.953. The molecule has 1 saturated heterocycles. The van der Waals surface area contributed by atoms with E-state index in [0.29, 0.717) is 23.4 Å². The molecule has 1 aromatic rings. The van der Waals surface area contributed by atoms with Crippen LogP contribution < -0.4 is 10.7 Å². The first-order valence-corrected chi connectivity index (χ1v) is 9.04. The minimum Gasteiger partial charge on any atom is -0.451 e. The molecular weight excluding hydrogens is 368 g/mol. The number of nitrogens with one attached hydrogen (secondary N) is 2. The molecule has 1 spiro atoms. The van der Waals surface area contributed by atoms with E-state index >= 15 is 0 Å². The SMILES string of the molecule is CC(=O)c1cc(C(=O)OCC(=O)NN2C(=O)NC3(CCCCC3)C2=O)n(C)c1. The summed E-state index contributed by atoms with van der Waals surface area (Å²) < 4.78 is 6.35. The molecule has 1 saturated carbocycles. The molecule has 0 bridgehead atoms. The summed E-state index contributed by atoms with van der Waals surface area (Å²) in [7, 11) is 1.57. The molecule has 0 atom stereocenters. The van der Waals surface area contributed by atoms with Gasteiger partial charge < -0.3 is 14.6 Å². The summed E-state index contributed by atoms with van der Waals surface area (Å²) in [5, 5.41) is 3.32. The van der Waals surface area contributed by atoms with Crippen LogP contribution in [0, 0.1) is 0 Å². The lowest BCUT2D eigenvalue weighted by atomic mass is 9.82. The standard InChI is InChI=1S/C18H22N4O6/c1-11(23)12-8-13(21(2)9-12)15(25)28-10-14(24)20-22-16(26)18(19-17(22)27)6-4-3-5-7-18/h8-9H,3-7,10H2,1-2H3,(H,19,27)(H,20,24). The maximum absolute atomic E-state index is 12.6. The largest absolute Gasteiger partial charge is 0.451 e. The minimum absolute atomic E-state index is 0.106. The van der Waals surface area contributed by atoms with Crippen molar-refractivity contribution < 1.29 is 28.7 Å². The monoisotopic (exact) mass is 390 g/mol. The predicted octanol–water partition coefficient (Wildman–Crippen LogP) is 0.670. The predicted molar refractivity (Wildman–Crippen MR) is 95.0 cm³/mol. The van der Waals surface area contributed by atoms with Crippen molar-refractivity contribution in [3.8, 4) is 0 Å². The summed E-state index contributed by atoms with van der Waals surface area (Å²) in [6.07, 6.45) is 5.19. The van der Waals surface area contributed by atoms with Gasteiger partial charge in [0.15, 0.2) is 12.4 Å². The first-order valence-electron chi connectivity index (χ1n) is 9.04. The number of esters is 1. The second-order valence-corrected chi connectivity index (χ2v) is 7.11. The number of hydrogen-bond acceptors (Lipinski definition) is 6. The second-order valence-electron chi connectivity index (χ2n) is 7.11. The number of ether oxygens (including phenoxy) is 1. The molecule has 1 aliphatic carbocycles. The lowest BCUT2D eigenvalue weighted by Gasteiger charge is -2.30. The number of nitrogens with zero attached hydrogens (tertiary/aromatic N) is 2. The average molecular weight is 390 g/mol. The fourth-order valence-corrected chi connectivity index (χ4v) is 3.54. The van der Waals surface area contributed by atoms with Crippen molar-refractivity contribution in [3.63, 3.8) is 0 Å². The smallest absolute Gasteiger partial charge is 0.355 e. The molecule has 150 valence electrons. The number of amides is 4. The molecule has 0 aromatic carbocycles. The Morgan fingerprint density at radius 2 is 1.89 bits per heavy atom. The van der Waals surface area contributed by atoms with E-state index in [9.17, 15) is 24.0 Å². The van der Waals surface area contributed by atoms with E-state index < -0.39 is 36.0 Å². The average Bonchev–Trinajstić information content (AvgIpc) is 3.14. The molecule has 28 heavy (non-hydrogen) atoms. The molecule has 2 fully saturated rings. The van der Waals surface area contributed by atoms with Crippen molar-refractivity contribution in [1.82, 2.24) is 20.3 Å². The molecule has 10 nitrogen and oxygen atoms in total. The highest BCUT2D eigenvalue weighted by Crippen LogP contribution is 2.32. The van der Waals surface area contributed by atoms with Gasteiger partial charge in [0, 0.05) is 18.8 Å². The van der Waals surface area contributed by atoms with Crippen molar-refractivity contribution in [3.05, 3.63) is 23.5 Å². The summed E-state index contributed by atoms with van der Waals surface area (Å²) >= 11 is 0. The van der Waals surface area contributed by atoms with Gasteiger partial charge in [-0.1, -0.05) is 19.3 Å². The number of aromatic nitrogens is 1. The quantitative estimate of drug-likeness (QED) is 0.432. The highest BCUT2D eigenvalue weighted by atomic mass is 16.5. The van der Waals surface area contributed by atoms with Crippen LogP contribution in [-0.2, 0) is 21.4 Å². The Morgan fingerprint density at radius 1 is 1.21 bits per heavy atom. The zero-order valence-corrected chi connectivity index (χ0v) is 15.7. The van der Waals surface area contributed by atoms with Crippen molar-refractivity contribution in [2.75, 3.05) is 6.61 Å². The second kappa shape index (κ2) is 7.45. The molecule has 1 aliphatic heterocycles. The van der Waals surface area contributed by atoms with Crippen molar-refractivity contribution in [2.24, 2.45) is 7.05 Å². The summed E-state index contributed by atoms with van der Waals surface area (Å²) in [6, 6.07) is 0.674. The number of hydrazine groups is 1. The van der Waals surface area contributed by atoms with Gasteiger partial charge >= 0.3 is 12.0 Å². The van der Waals surface area contributed by atoms with Crippen LogP contribution in [0.4, 0.5) is 4.79 Å². The van der Waals surface area contributed by atoms with E-state index in [0.717, 1.165) is 19.3 Å². The van der Waals surface area contributed by atoms with Crippen LogP contribution in [0.25, 0.3) is 0 Å². The van der Waals surface area contributed by atoms with Crippen molar-refractivity contribution in [1.29, 1.82) is 0 Å². The zero-order chi connectivity index (χ0) is 20.5. The Balaban J connectivity index is 1.57. The van der Waals surface area contributed by atoms with Gasteiger partial charge in [-0.2, -0.15) is 5.01 Å². The molecule has 1 aromatic heterocycles. The first kappa shape index (κ1) is 19.6. The number of hydrogen-bond donors (Lipinski definition) is 2. The van der Waals surface area contributed by atoms with Crippen LogP contribution in [-0.4, -0.2) is 51.3 Å². The summed E-state index contributed by atoms with van der Waals surface area (Å²) in [5.74, 6) is -2.31. The topological polar surface area (TPSA) is 127 Å². The number of Topliss-reactive ketones (excluding diaryl/α,β-unsaturated/α-hetero) is 1. The fourth-order valence-electron chi connectivity index (χ4n) is 3.54. The molecule has 0 unspecified atom stereocenters. The van der Waals surface area contributed by atoms with Crippen LogP contribution >= 0.6 is 0 Å². The van der Waals surface area contributed by atoms with E-state index in [2.05, 4.69) is 10.7 Å². The third kappa shape index (κ3) is 3.62. The number of imide groups is 1. The Bertz CT molecular complexity index is 852. The Morgan fingerprint density at radius 3 is 2.50 bits per heavy atom. The van der Waals surface area contributed by atoms with Gasteiger partial charge in [0.2, 0.25) is 0 Å². The maximum atomic E-state index is 12.6. The fraction of sp³-hybridized carbons (Fsp3) is 0.500. The summed E-state index contributed by atoms with van der Waals surface area (Å²) in [5.41, 5.74) is 1.69. The molecule has 2 aliphatic rings. The van der Waals surface area contributed by atoms with E-state index in [1.807, 2.05) is 0 Å². The number of carbonyl (C=O) groups is 5. The third-order valence-electron chi connectivity index (χ3n) is 5.06. The maximum Gasteiger partial charge on any atom is 0.355 e. The van der Waals surface area contributed by atoms with Crippen molar-refractivity contribution >= 4 is 29.6 Å². The van der Waals surface area contributed by atoms with Crippen LogP contribution in [0.5, 0.6) is 0 Å². The summed E-state index contributed by atoms with van der Waals surface area (Å²) in [6.45, 7) is 0.693. The van der Waals surface area contributed by atoms with Gasteiger partial charge in [-0.25, -0.2) is 9.59 Å². The molecule has 4 amide bonds. The van der Waals surface area contributed by atoms with Gasteiger partial charge in [0.25, 0.3) is 11.8 Å². The van der Waals surface area contributed by atoms with Gasteiger partial charge in [-0.05, 0) is 25.8 Å². The Labute approximate surface area is 161 Å². The lowest BCUT2D eigenvalue weighted by Crippen LogP contribution is -2.51. The Kier molecular flexibility index (Phi) is 5.21. The van der Waals surface area contributed by atoms with E-state index in [4.69, 9.17) is 4.74 Å². The van der Waals surface area contributed by atoms with Gasteiger partial charge in [0.05, 0.1) is 0 Å². The molecule has 10 heteroatoms. The third-order valence-corrected chi connectivity index (χ3v) is 5.06. The van der Waals surface area contributed by atoms with Gasteiger partial charge in [-0.3, -0.25) is 19.8 Å². The molecule has 2 heterocycles. The molecule has 2 N–H and O–H groups in total. The van der Waals surface area contributed by atoms with Crippen molar-refractivity contribution in [2.45, 2.75) is 44.6 Å². The van der Waals surface area contributed by atoms with E-state index in [1.165, 1.54) is 23.8 Å². The zero-order valence-electron chi connectivity index (χ0n) is 15.7. The first-order chi connectivity index (χ1) is 13.2. The highest BCUT2D eigenvalue weighted by molar-refractivity contribution is 6.08. The molecule has 3 rings (SSSR count). The Hall–Kier alpha value is -3.17. The summed E-state index contributed by atoms with van der Waals surface area (Å²) in [4.78, 5) is 60.3. The van der Waals surface area contributed by atoms with Crippen LogP contribution in [0.3, 0.4) is 0 Å². The van der Waals surface area contributed by atoms with Crippen LogP contribution in [0.15, 0.2) is 12.3 Å². The van der Waals surface area contributed by atoms with Gasteiger partial charge in [-0.15, -0.1) is 0 Å².